The molecule has 5 fully saturated rings. The van der Waals surface area contributed by atoms with Crippen molar-refractivity contribution in [2.24, 2.45) is 11.8 Å². The van der Waals surface area contributed by atoms with Gasteiger partial charge in [0.05, 0.1) is 30.0 Å². The van der Waals surface area contributed by atoms with E-state index in [9.17, 15) is 9.59 Å². The maximum absolute atomic E-state index is 13.4. The van der Waals surface area contributed by atoms with Crippen LogP contribution in [0.5, 0.6) is 0 Å². The van der Waals surface area contributed by atoms with Gasteiger partial charge in [-0.1, -0.05) is 0 Å². The second-order valence-corrected chi connectivity index (χ2v) is 11.0. The summed E-state index contributed by atoms with van der Waals surface area (Å²) in [6, 6.07) is 5.41. The first-order valence-corrected chi connectivity index (χ1v) is 12.9. The summed E-state index contributed by atoms with van der Waals surface area (Å²) < 4.78 is 14.9. The van der Waals surface area contributed by atoms with Crippen molar-refractivity contribution in [3.8, 4) is 0 Å². The first-order chi connectivity index (χ1) is 17.9. The number of nitrogens with one attached hydrogen (secondary N) is 3. The van der Waals surface area contributed by atoms with E-state index < -0.39 is 0 Å². The van der Waals surface area contributed by atoms with Crippen LogP contribution in [0.25, 0.3) is 5.65 Å². The number of pyridine rings is 1. The molecule has 3 saturated carbocycles. The Labute approximate surface area is 213 Å². The molecule has 3 aromatic heterocycles. The number of hydrogen-bond acceptors (Lipinski definition) is 8. The number of carbonyl (C=O) groups is 1. The Morgan fingerprint density at radius 2 is 2.22 bits per heavy atom. The third kappa shape index (κ3) is 3.19. The van der Waals surface area contributed by atoms with Crippen molar-refractivity contribution >= 4 is 28.9 Å². The molecule has 5 heterocycles. The Balaban J connectivity index is 1.17. The summed E-state index contributed by atoms with van der Waals surface area (Å²) in [5, 5.41) is 13.8. The van der Waals surface area contributed by atoms with E-state index in [1.54, 1.807) is 30.8 Å². The van der Waals surface area contributed by atoms with Crippen molar-refractivity contribution in [1.29, 1.82) is 0 Å². The predicted molar refractivity (Wildman–Crippen MR) is 136 cm³/mol. The second kappa shape index (κ2) is 7.78. The topological polar surface area (TPSA) is 124 Å². The third-order valence-electron chi connectivity index (χ3n) is 8.94. The minimum atomic E-state index is -0.235. The molecule has 3 N–H and O–H groups in total. The standard InChI is InChI=1S/C26H31N7O4/c1-25(36-3)8-4-6-14(11-25)29-23(34)15-12-28-33-19(27-2)10-18(31-22(15)33)30-17-7-5-9-32(24(17)35)26-16-13-37-21(26)20(16)26/h5,7,9-10,12,14,16,20-21,27H,4,6,8,11,13H2,1-3H3,(H,29,34)(H,30,31)/t14?,16-,20-,21?,25+,26-/m1/s1. The van der Waals surface area contributed by atoms with Crippen molar-refractivity contribution in [2.45, 2.75) is 55.9 Å². The van der Waals surface area contributed by atoms with E-state index in [1.807, 2.05) is 16.8 Å². The normalized spacial score (nSPS) is 33.2. The van der Waals surface area contributed by atoms with Crippen molar-refractivity contribution in [1.82, 2.24) is 24.5 Å². The quantitative estimate of drug-likeness (QED) is 0.446. The van der Waals surface area contributed by atoms with Crippen LogP contribution in [-0.4, -0.2) is 63.6 Å². The van der Waals surface area contributed by atoms with E-state index in [-0.39, 0.29) is 34.8 Å². The highest BCUT2D eigenvalue weighted by atomic mass is 16.5. The molecule has 3 aliphatic carbocycles. The van der Waals surface area contributed by atoms with Crippen LogP contribution in [0, 0.1) is 11.8 Å². The minimum absolute atomic E-state index is 0.0151. The van der Waals surface area contributed by atoms with E-state index in [4.69, 9.17) is 14.5 Å². The summed E-state index contributed by atoms with van der Waals surface area (Å²) >= 11 is 0. The van der Waals surface area contributed by atoms with E-state index in [2.05, 4.69) is 28.0 Å². The SMILES string of the molecule is CNc1cc(Nc2cccn([C@]34C5OC[C@@H]3[C@H]54)c2=O)nc2c(C(=O)NC3CCC[C@](C)(OC)C3)cnn12. The van der Waals surface area contributed by atoms with Gasteiger partial charge in [0.1, 0.15) is 22.9 Å². The molecule has 2 bridgehead atoms. The second-order valence-electron chi connectivity index (χ2n) is 11.0. The first-order valence-electron chi connectivity index (χ1n) is 12.9. The maximum Gasteiger partial charge on any atom is 0.274 e. The Bertz CT molecular complexity index is 1460. The summed E-state index contributed by atoms with van der Waals surface area (Å²) in [5.74, 6) is 1.80. The van der Waals surface area contributed by atoms with Gasteiger partial charge in [-0.2, -0.15) is 9.61 Å². The number of anilines is 3. The molecule has 37 heavy (non-hydrogen) atoms. The van der Waals surface area contributed by atoms with Gasteiger partial charge in [0, 0.05) is 44.3 Å². The minimum Gasteiger partial charge on any atom is -0.378 e. The number of amides is 1. The van der Waals surface area contributed by atoms with E-state index in [0.29, 0.717) is 40.4 Å². The van der Waals surface area contributed by atoms with Crippen molar-refractivity contribution in [3.05, 3.63) is 46.5 Å². The van der Waals surface area contributed by atoms with Gasteiger partial charge < -0.3 is 30.0 Å². The maximum atomic E-state index is 13.4. The number of nitrogens with zero attached hydrogens (tertiary/aromatic N) is 4. The van der Waals surface area contributed by atoms with E-state index in [0.717, 1.165) is 32.3 Å². The van der Waals surface area contributed by atoms with Crippen LogP contribution in [0.1, 0.15) is 43.0 Å². The Morgan fingerprint density at radius 1 is 1.35 bits per heavy atom. The van der Waals surface area contributed by atoms with Crippen LogP contribution < -0.4 is 21.5 Å². The predicted octanol–water partition coefficient (Wildman–Crippen LogP) is 2.11. The highest BCUT2D eigenvalue weighted by molar-refractivity contribution is 6.00. The number of methoxy groups -OCH3 is 1. The zero-order valence-electron chi connectivity index (χ0n) is 21.2. The van der Waals surface area contributed by atoms with Crippen molar-refractivity contribution in [2.75, 3.05) is 31.4 Å². The number of carbonyl (C=O) groups excluding carboxylic acids is 1. The molecule has 3 aromatic rings. The lowest BCUT2D eigenvalue weighted by Gasteiger charge is -2.37. The molecule has 194 valence electrons. The molecule has 6 atom stereocenters. The van der Waals surface area contributed by atoms with E-state index in [1.165, 1.54) is 6.20 Å². The molecule has 2 saturated heterocycles. The van der Waals surface area contributed by atoms with Gasteiger partial charge in [-0.15, -0.1) is 0 Å². The van der Waals surface area contributed by atoms with Gasteiger partial charge in [0.2, 0.25) is 0 Å². The molecule has 11 nitrogen and oxygen atoms in total. The summed E-state index contributed by atoms with van der Waals surface area (Å²) in [7, 11) is 3.50. The number of rotatable bonds is 7. The molecule has 8 rings (SSSR count). The monoisotopic (exact) mass is 505 g/mol. The fraction of sp³-hybridized carbons (Fsp3) is 0.538. The third-order valence-corrected chi connectivity index (χ3v) is 8.94. The van der Waals surface area contributed by atoms with Crippen LogP contribution in [0.2, 0.25) is 0 Å². The Morgan fingerprint density at radius 3 is 2.95 bits per heavy atom. The highest BCUT2D eigenvalue weighted by Gasteiger charge is 2.93. The van der Waals surface area contributed by atoms with Crippen LogP contribution >= 0.6 is 0 Å². The fourth-order valence-electron chi connectivity index (χ4n) is 6.76. The number of ether oxygens (including phenoxy) is 2. The van der Waals surface area contributed by atoms with Crippen LogP contribution in [0.4, 0.5) is 17.3 Å². The van der Waals surface area contributed by atoms with Gasteiger partial charge in [0.25, 0.3) is 11.5 Å². The molecule has 11 heteroatoms. The van der Waals surface area contributed by atoms with Crippen LogP contribution in [0.15, 0.2) is 35.4 Å². The Kier molecular flexibility index (Phi) is 4.78. The molecule has 5 aliphatic rings. The van der Waals surface area contributed by atoms with Crippen molar-refractivity contribution in [3.63, 3.8) is 0 Å². The zero-order chi connectivity index (χ0) is 25.5. The molecule has 0 radical (unpaired) electrons. The van der Waals surface area contributed by atoms with Gasteiger partial charge in [-0.05, 0) is 44.7 Å². The molecule has 0 spiro atoms. The number of fused-ring (bicyclic) bond motifs is 2. The molecule has 0 aromatic carbocycles. The first kappa shape index (κ1) is 22.7. The largest absolute Gasteiger partial charge is 0.378 e. The lowest BCUT2D eigenvalue weighted by molar-refractivity contribution is -0.0314. The highest BCUT2D eigenvalue weighted by Crippen LogP contribution is 2.82. The summed E-state index contributed by atoms with van der Waals surface area (Å²) in [6.45, 7) is 2.82. The van der Waals surface area contributed by atoms with Gasteiger partial charge in [-0.25, -0.2) is 4.98 Å². The lowest BCUT2D eigenvalue weighted by atomic mass is 9.83. The average Bonchev–Trinajstić information content (AvgIpc) is 3.40. The van der Waals surface area contributed by atoms with Crippen LogP contribution in [-0.2, 0) is 15.0 Å². The molecule has 2 aliphatic heterocycles. The smallest absolute Gasteiger partial charge is 0.274 e. The molecule has 2 unspecified atom stereocenters. The van der Waals surface area contributed by atoms with Gasteiger partial charge in [-0.3, -0.25) is 9.59 Å². The summed E-state index contributed by atoms with van der Waals surface area (Å²) in [4.78, 5) is 31.3. The van der Waals surface area contributed by atoms with E-state index >= 15 is 0 Å². The van der Waals surface area contributed by atoms with Crippen molar-refractivity contribution < 1.29 is 14.3 Å². The zero-order valence-corrected chi connectivity index (χ0v) is 21.2. The lowest BCUT2D eigenvalue weighted by Crippen LogP contribution is -2.45. The summed E-state index contributed by atoms with van der Waals surface area (Å²) in [6.07, 6.45) is 7.19. The van der Waals surface area contributed by atoms with Crippen LogP contribution in [0.3, 0.4) is 0 Å². The molecule has 1 amide bonds. The number of hydrogen-bond donors (Lipinski definition) is 3. The molecular weight excluding hydrogens is 474 g/mol. The number of aromatic nitrogens is 4. The van der Waals surface area contributed by atoms with Gasteiger partial charge in [0.15, 0.2) is 5.65 Å². The average molecular weight is 506 g/mol. The van der Waals surface area contributed by atoms with Gasteiger partial charge >= 0.3 is 0 Å². The molecular formula is C26H31N7O4. The fourth-order valence-corrected chi connectivity index (χ4v) is 6.76. The Hall–Kier alpha value is -3.44. The summed E-state index contributed by atoms with van der Waals surface area (Å²) in [5.41, 5.74) is 0.738.